The molecule has 1 atom stereocenters. The average molecular weight is 289 g/mol. The summed E-state index contributed by atoms with van der Waals surface area (Å²) >= 11 is 0. The summed E-state index contributed by atoms with van der Waals surface area (Å²) in [5, 5.41) is 3.51. The number of aromatic nitrogens is 1. The van der Waals surface area contributed by atoms with Gasteiger partial charge in [0.25, 0.3) is 0 Å². The standard InChI is InChI=1S/C18H31N3/c1-6-8-19-12-15-10-16(18(3,4)5)20-17(11-15)21-9-7-14(2)13-21/h10-11,14,19H,6-9,12-13H2,1-5H3. The van der Waals surface area contributed by atoms with E-state index in [0.717, 1.165) is 32.1 Å². The molecule has 0 amide bonds. The Labute approximate surface area is 130 Å². The van der Waals surface area contributed by atoms with Crippen LogP contribution in [0, 0.1) is 5.92 Å². The molecule has 1 aliphatic heterocycles. The summed E-state index contributed by atoms with van der Waals surface area (Å²) in [6, 6.07) is 4.54. The number of hydrogen-bond acceptors (Lipinski definition) is 3. The minimum absolute atomic E-state index is 0.0981. The van der Waals surface area contributed by atoms with Crippen molar-refractivity contribution in [1.82, 2.24) is 10.3 Å². The third kappa shape index (κ3) is 4.44. The summed E-state index contributed by atoms with van der Waals surface area (Å²) in [7, 11) is 0. The van der Waals surface area contributed by atoms with Gasteiger partial charge in [0, 0.05) is 30.7 Å². The third-order valence-corrected chi connectivity index (χ3v) is 4.14. The Morgan fingerprint density at radius 3 is 2.67 bits per heavy atom. The van der Waals surface area contributed by atoms with Crippen LogP contribution in [0.2, 0.25) is 0 Å². The molecular weight excluding hydrogens is 258 g/mol. The lowest BCUT2D eigenvalue weighted by atomic mass is 9.90. The van der Waals surface area contributed by atoms with Gasteiger partial charge in [0.2, 0.25) is 0 Å². The van der Waals surface area contributed by atoms with Crippen LogP contribution in [0.25, 0.3) is 0 Å². The predicted molar refractivity (Wildman–Crippen MR) is 90.9 cm³/mol. The van der Waals surface area contributed by atoms with E-state index in [0.29, 0.717) is 0 Å². The van der Waals surface area contributed by atoms with Gasteiger partial charge in [0.15, 0.2) is 0 Å². The molecule has 2 heterocycles. The van der Waals surface area contributed by atoms with Gasteiger partial charge in [-0.05, 0) is 43.0 Å². The summed E-state index contributed by atoms with van der Waals surface area (Å²) < 4.78 is 0. The van der Waals surface area contributed by atoms with E-state index in [1.165, 1.54) is 29.9 Å². The summed E-state index contributed by atoms with van der Waals surface area (Å²) in [5.41, 5.74) is 2.66. The molecule has 1 aromatic heterocycles. The zero-order valence-corrected chi connectivity index (χ0v) is 14.4. The molecule has 0 spiro atoms. The van der Waals surface area contributed by atoms with Crippen LogP contribution in [0.5, 0.6) is 0 Å². The molecule has 1 N–H and O–H groups in total. The van der Waals surface area contributed by atoms with E-state index in [9.17, 15) is 0 Å². The zero-order valence-electron chi connectivity index (χ0n) is 14.4. The molecule has 3 nitrogen and oxygen atoms in total. The summed E-state index contributed by atoms with van der Waals surface area (Å²) in [6.07, 6.45) is 2.46. The maximum Gasteiger partial charge on any atom is 0.129 e. The molecule has 1 aliphatic rings. The van der Waals surface area contributed by atoms with Crippen LogP contribution in [0.4, 0.5) is 5.82 Å². The Balaban J connectivity index is 2.24. The van der Waals surface area contributed by atoms with Gasteiger partial charge in [-0.1, -0.05) is 34.6 Å². The number of nitrogens with one attached hydrogen (secondary N) is 1. The van der Waals surface area contributed by atoms with Crippen LogP contribution in [0.3, 0.4) is 0 Å². The molecule has 0 aliphatic carbocycles. The highest BCUT2D eigenvalue weighted by atomic mass is 15.2. The van der Waals surface area contributed by atoms with Crippen LogP contribution in [0.15, 0.2) is 12.1 Å². The first-order valence-corrected chi connectivity index (χ1v) is 8.37. The minimum Gasteiger partial charge on any atom is -0.356 e. The maximum absolute atomic E-state index is 4.95. The van der Waals surface area contributed by atoms with Crippen molar-refractivity contribution >= 4 is 5.82 Å². The minimum atomic E-state index is 0.0981. The van der Waals surface area contributed by atoms with Crippen molar-refractivity contribution < 1.29 is 0 Å². The van der Waals surface area contributed by atoms with Gasteiger partial charge in [0.1, 0.15) is 5.82 Å². The number of pyridine rings is 1. The van der Waals surface area contributed by atoms with Crippen molar-refractivity contribution in [3.8, 4) is 0 Å². The van der Waals surface area contributed by atoms with Crippen molar-refractivity contribution in [3.05, 3.63) is 23.4 Å². The van der Waals surface area contributed by atoms with Crippen LogP contribution in [-0.4, -0.2) is 24.6 Å². The van der Waals surface area contributed by atoms with Gasteiger partial charge in [-0.15, -0.1) is 0 Å². The van der Waals surface area contributed by atoms with Crippen molar-refractivity contribution in [2.24, 2.45) is 5.92 Å². The molecule has 0 saturated carbocycles. The molecule has 118 valence electrons. The van der Waals surface area contributed by atoms with Gasteiger partial charge in [-0.25, -0.2) is 4.98 Å². The van der Waals surface area contributed by atoms with Gasteiger partial charge in [-0.2, -0.15) is 0 Å². The smallest absolute Gasteiger partial charge is 0.129 e. The Morgan fingerprint density at radius 2 is 2.10 bits per heavy atom. The monoisotopic (exact) mass is 289 g/mol. The first-order chi connectivity index (χ1) is 9.90. The van der Waals surface area contributed by atoms with Crippen LogP contribution in [-0.2, 0) is 12.0 Å². The molecule has 1 unspecified atom stereocenters. The topological polar surface area (TPSA) is 28.2 Å². The van der Waals surface area contributed by atoms with Gasteiger partial charge in [0.05, 0.1) is 0 Å². The summed E-state index contributed by atoms with van der Waals surface area (Å²) in [6.45, 7) is 15.6. The Hall–Kier alpha value is -1.09. The molecule has 0 aromatic carbocycles. The Morgan fingerprint density at radius 1 is 1.33 bits per heavy atom. The Kier molecular flexibility index (Phi) is 5.26. The summed E-state index contributed by atoms with van der Waals surface area (Å²) in [5.74, 6) is 1.95. The van der Waals surface area contributed by atoms with Crippen LogP contribution in [0.1, 0.15) is 58.7 Å². The number of rotatable bonds is 5. The molecule has 3 heteroatoms. The van der Waals surface area contributed by atoms with Gasteiger partial charge >= 0.3 is 0 Å². The second kappa shape index (κ2) is 6.78. The van der Waals surface area contributed by atoms with Crippen molar-refractivity contribution in [2.45, 2.75) is 59.4 Å². The largest absolute Gasteiger partial charge is 0.356 e. The lowest BCUT2D eigenvalue weighted by molar-refractivity contribution is 0.565. The number of anilines is 1. The molecule has 21 heavy (non-hydrogen) atoms. The van der Waals surface area contributed by atoms with E-state index in [-0.39, 0.29) is 5.41 Å². The highest BCUT2D eigenvalue weighted by Crippen LogP contribution is 2.27. The van der Waals surface area contributed by atoms with Crippen LogP contribution < -0.4 is 10.2 Å². The van der Waals surface area contributed by atoms with E-state index >= 15 is 0 Å². The van der Waals surface area contributed by atoms with Crippen molar-refractivity contribution in [2.75, 3.05) is 24.5 Å². The highest BCUT2D eigenvalue weighted by Gasteiger charge is 2.23. The Bertz CT molecular complexity index is 462. The molecule has 1 fully saturated rings. The number of nitrogens with zero attached hydrogens (tertiary/aromatic N) is 2. The predicted octanol–water partition coefficient (Wildman–Crippen LogP) is 3.72. The van der Waals surface area contributed by atoms with E-state index in [2.05, 4.69) is 57.0 Å². The zero-order chi connectivity index (χ0) is 15.5. The molecular formula is C18H31N3. The molecule has 0 radical (unpaired) electrons. The van der Waals surface area contributed by atoms with Gasteiger partial charge < -0.3 is 10.2 Å². The first kappa shape index (κ1) is 16.3. The molecule has 2 rings (SSSR count). The fourth-order valence-corrected chi connectivity index (χ4v) is 2.77. The maximum atomic E-state index is 4.95. The second-order valence-electron chi connectivity index (χ2n) is 7.49. The molecule has 1 aromatic rings. The van der Waals surface area contributed by atoms with E-state index in [4.69, 9.17) is 4.98 Å². The first-order valence-electron chi connectivity index (χ1n) is 8.37. The third-order valence-electron chi connectivity index (χ3n) is 4.14. The molecule has 1 saturated heterocycles. The van der Waals surface area contributed by atoms with E-state index < -0.39 is 0 Å². The lowest BCUT2D eigenvalue weighted by Crippen LogP contribution is -2.24. The lowest BCUT2D eigenvalue weighted by Gasteiger charge is -2.24. The second-order valence-corrected chi connectivity index (χ2v) is 7.49. The summed E-state index contributed by atoms with van der Waals surface area (Å²) in [4.78, 5) is 7.40. The quantitative estimate of drug-likeness (QED) is 0.837. The fraction of sp³-hybridized carbons (Fsp3) is 0.722. The SMILES string of the molecule is CCCNCc1cc(N2CCC(C)C2)nc(C(C)(C)C)c1. The fourth-order valence-electron chi connectivity index (χ4n) is 2.77. The normalized spacial score (nSPS) is 19.3. The number of hydrogen-bond donors (Lipinski definition) is 1. The van der Waals surface area contributed by atoms with Crippen LogP contribution >= 0.6 is 0 Å². The highest BCUT2D eigenvalue weighted by molar-refractivity contribution is 5.45. The average Bonchev–Trinajstić information content (AvgIpc) is 2.84. The van der Waals surface area contributed by atoms with E-state index in [1.807, 2.05) is 0 Å². The van der Waals surface area contributed by atoms with Crippen molar-refractivity contribution in [1.29, 1.82) is 0 Å². The van der Waals surface area contributed by atoms with E-state index in [1.54, 1.807) is 0 Å². The van der Waals surface area contributed by atoms with Gasteiger partial charge in [-0.3, -0.25) is 0 Å². The molecule has 0 bridgehead atoms. The van der Waals surface area contributed by atoms with Crippen molar-refractivity contribution in [3.63, 3.8) is 0 Å².